The fourth-order valence-corrected chi connectivity index (χ4v) is 1.21. The van der Waals surface area contributed by atoms with Gasteiger partial charge in [0.15, 0.2) is 6.10 Å². The normalized spacial score (nSPS) is 15.2. The van der Waals surface area contributed by atoms with Crippen LogP contribution in [-0.4, -0.2) is 36.2 Å². The van der Waals surface area contributed by atoms with Gasteiger partial charge in [0, 0.05) is 6.08 Å². The van der Waals surface area contributed by atoms with Crippen molar-refractivity contribution in [3.8, 4) is 0 Å². The molecule has 0 aromatic heterocycles. The van der Waals surface area contributed by atoms with Crippen molar-refractivity contribution >= 4 is 16.1 Å². The molecule has 0 saturated heterocycles. The van der Waals surface area contributed by atoms with E-state index in [0.717, 1.165) is 0 Å². The van der Waals surface area contributed by atoms with Crippen molar-refractivity contribution in [2.75, 3.05) is 0 Å². The van der Waals surface area contributed by atoms with Crippen molar-refractivity contribution in [3.63, 3.8) is 0 Å². The first-order valence-corrected chi connectivity index (χ1v) is 5.37. The molecule has 0 amide bonds. The number of alkyl halides is 4. The molecule has 0 heterocycles. The third-order valence-corrected chi connectivity index (χ3v) is 2.60. The van der Waals surface area contributed by atoms with Crippen LogP contribution in [0.5, 0.6) is 0 Å². The summed E-state index contributed by atoms with van der Waals surface area (Å²) in [6, 6.07) is 0. The van der Waals surface area contributed by atoms with Gasteiger partial charge in [-0.1, -0.05) is 6.58 Å². The molecule has 0 saturated carbocycles. The predicted octanol–water partition coefficient (Wildman–Crippen LogP) is 1.22. The van der Waals surface area contributed by atoms with Crippen molar-refractivity contribution in [3.05, 3.63) is 12.7 Å². The number of ether oxygens (including phenoxy) is 1. The first-order valence-electron chi connectivity index (χ1n) is 3.93. The fourth-order valence-electron chi connectivity index (χ4n) is 0.705. The number of carbonyl (C=O) groups is 1. The first kappa shape index (κ1) is 15.8. The maximum Gasteiger partial charge on any atom is 0.435 e. The van der Waals surface area contributed by atoms with E-state index >= 15 is 0 Å². The quantitative estimate of drug-likeness (QED) is 0.354. The Morgan fingerprint density at radius 3 is 2.12 bits per heavy atom. The summed E-state index contributed by atoms with van der Waals surface area (Å²) in [4.78, 5) is 10.5. The summed E-state index contributed by atoms with van der Waals surface area (Å²) in [7, 11) is -6.35. The van der Waals surface area contributed by atoms with Crippen LogP contribution in [0.15, 0.2) is 12.7 Å². The van der Waals surface area contributed by atoms with Crippen LogP contribution in [0.2, 0.25) is 0 Å². The molecule has 0 bridgehead atoms. The average Bonchev–Trinajstić information content (AvgIpc) is 2.15. The van der Waals surface area contributed by atoms with Crippen molar-refractivity contribution < 1.29 is 40.1 Å². The van der Waals surface area contributed by atoms with Gasteiger partial charge in [-0.2, -0.15) is 26.0 Å². The SMILES string of the molecule is C=CC(=O)OC(C)C(F)(F)C(F)(F)S(=O)(=O)O. The van der Waals surface area contributed by atoms with Crippen LogP contribution in [0.25, 0.3) is 0 Å². The molecule has 10 heteroatoms. The zero-order valence-corrected chi connectivity index (χ0v) is 9.18. The van der Waals surface area contributed by atoms with Crippen molar-refractivity contribution in [1.82, 2.24) is 0 Å². The lowest BCUT2D eigenvalue weighted by molar-refractivity contribution is -0.220. The van der Waals surface area contributed by atoms with Crippen LogP contribution >= 0.6 is 0 Å². The standard InChI is InChI=1S/C7H8F4O5S/c1-3-5(12)16-4(2)6(8,9)7(10,11)17(13,14)15/h3-4H,1H2,2H3,(H,13,14,15). The van der Waals surface area contributed by atoms with Gasteiger partial charge in [0.05, 0.1) is 0 Å². The van der Waals surface area contributed by atoms with Crippen molar-refractivity contribution in [2.45, 2.75) is 24.2 Å². The summed E-state index contributed by atoms with van der Waals surface area (Å²) < 4.78 is 83.4. The summed E-state index contributed by atoms with van der Waals surface area (Å²) in [6.45, 7) is 3.18. The molecule has 0 aromatic carbocycles. The Labute approximate surface area is 93.8 Å². The summed E-state index contributed by atoms with van der Waals surface area (Å²) in [5.41, 5.74) is 0. The molecule has 0 spiro atoms. The Hall–Kier alpha value is -1.16. The molecule has 0 fully saturated rings. The molecule has 0 aliphatic carbocycles. The highest BCUT2D eigenvalue weighted by Gasteiger charge is 2.69. The predicted molar refractivity (Wildman–Crippen MR) is 47.2 cm³/mol. The van der Waals surface area contributed by atoms with E-state index in [0.29, 0.717) is 13.0 Å². The summed E-state index contributed by atoms with van der Waals surface area (Å²) in [6.07, 6.45) is -2.34. The molecule has 0 aromatic rings. The largest absolute Gasteiger partial charge is 0.453 e. The third kappa shape index (κ3) is 2.94. The number of rotatable bonds is 5. The molecule has 100 valence electrons. The van der Waals surface area contributed by atoms with Crippen LogP contribution in [0.3, 0.4) is 0 Å². The second kappa shape index (κ2) is 4.61. The Kier molecular flexibility index (Phi) is 4.29. The molecule has 0 rings (SSSR count). The van der Waals surface area contributed by atoms with E-state index in [-0.39, 0.29) is 0 Å². The summed E-state index contributed by atoms with van der Waals surface area (Å²) >= 11 is 0. The highest BCUT2D eigenvalue weighted by Crippen LogP contribution is 2.41. The molecule has 1 atom stereocenters. The van der Waals surface area contributed by atoms with Crippen molar-refractivity contribution in [2.24, 2.45) is 0 Å². The minimum atomic E-state index is -6.35. The van der Waals surface area contributed by atoms with E-state index < -0.39 is 33.4 Å². The topological polar surface area (TPSA) is 80.7 Å². The summed E-state index contributed by atoms with van der Waals surface area (Å²) in [5, 5.41) is -5.78. The van der Waals surface area contributed by atoms with Crippen molar-refractivity contribution in [1.29, 1.82) is 0 Å². The Balaban J connectivity index is 5.27. The third-order valence-electron chi connectivity index (χ3n) is 1.68. The van der Waals surface area contributed by atoms with Gasteiger partial charge in [-0.25, -0.2) is 4.79 Å². The van der Waals surface area contributed by atoms with Crippen LogP contribution in [-0.2, 0) is 19.6 Å². The summed E-state index contributed by atoms with van der Waals surface area (Å²) in [5.74, 6) is -6.73. The lowest BCUT2D eigenvalue weighted by Crippen LogP contribution is -2.54. The smallest absolute Gasteiger partial charge is 0.435 e. The van der Waals surface area contributed by atoms with Crippen LogP contribution in [0.1, 0.15) is 6.92 Å². The molecule has 0 aliphatic heterocycles. The van der Waals surface area contributed by atoms with E-state index in [4.69, 9.17) is 4.55 Å². The number of esters is 1. The van der Waals surface area contributed by atoms with Gasteiger partial charge in [-0.05, 0) is 6.92 Å². The molecule has 17 heavy (non-hydrogen) atoms. The minimum absolute atomic E-state index is 0.348. The molecule has 5 nitrogen and oxygen atoms in total. The lowest BCUT2D eigenvalue weighted by atomic mass is 10.2. The molecule has 1 unspecified atom stereocenters. The Morgan fingerprint density at radius 2 is 1.82 bits per heavy atom. The lowest BCUT2D eigenvalue weighted by Gasteiger charge is -2.28. The average molecular weight is 280 g/mol. The zero-order chi connectivity index (χ0) is 14.1. The zero-order valence-electron chi connectivity index (χ0n) is 8.36. The molecule has 0 aliphatic rings. The van der Waals surface area contributed by atoms with E-state index in [2.05, 4.69) is 11.3 Å². The molecule has 1 N–H and O–H groups in total. The van der Waals surface area contributed by atoms with Gasteiger partial charge in [0.2, 0.25) is 0 Å². The number of carbonyl (C=O) groups excluding carboxylic acids is 1. The second-order valence-electron chi connectivity index (χ2n) is 2.90. The highest BCUT2D eigenvalue weighted by molar-refractivity contribution is 7.87. The van der Waals surface area contributed by atoms with E-state index in [1.165, 1.54) is 0 Å². The van der Waals surface area contributed by atoms with Gasteiger partial charge in [0.25, 0.3) is 0 Å². The van der Waals surface area contributed by atoms with E-state index in [1.54, 1.807) is 0 Å². The monoisotopic (exact) mass is 280 g/mol. The van der Waals surface area contributed by atoms with E-state index in [9.17, 15) is 30.8 Å². The maximum absolute atomic E-state index is 13.0. The molecular weight excluding hydrogens is 272 g/mol. The van der Waals surface area contributed by atoms with Crippen LogP contribution < -0.4 is 0 Å². The number of hydrogen-bond acceptors (Lipinski definition) is 4. The minimum Gasteiger partial charge on any atom is -0.453 e. The van der Waals surface area contributed by atoms with Crippen LogP contribution in [0, 0.1) is 0 Å². The molecular formula is C7H8F4O5S. The van der Waals surface area contributed by atoms with Crippen LogP contribution in [0.4, 0.5) is 17.6 Å². The van der Waals surface area contributed by atoms with E-state index in [1.807, 2.05) is 0 Å². The van der Waals surface area contributed by atoms with Gasteiger partial charge in [0.1, 0.15) is 0 Å². The number of hydrogen-bond donors (Lipinski definition) is 1. The maximum atomic E-state index is 13.0. The second-order valence-corrected chi connectivity index (χ2v) is 4.36. The fraction of sp³-hybridized carbons (Fsp3) is 0.571. The Morgan fingerprint density at radius 1 is 1.41 bits per heavy atom. The highest BCUT2D eigenvalue weighted by atomic mass is 32.2. The van der Waals surface area contributed by atoms with Gasteiger partial charge >= 0.3 is 27.3 Å². The molecule has 0 radical (unpaired) electrons. The Bertz CT molecular complexity index is 416. The van der Waals surface area contributed by atoms with Gasteiger partial charge in [-0.15, -0.1) is 0 Å². The van der Waals surface area contributed by atoms with Gasteiger partial charge in [-0.3, -0.25) is 4.55 Å². The first-order chi connectivity index (χ1) is 7.38. The number of halogens is 4. The van der Waals surface area contributed by atoms with Gasteiger partial charge < -0.3 is 4.74 Å².